The van der Waals surface area contributed by atoms with E-state index < -0.39 is 5.97 Å². The van der Waals surface area contributed by atoms with Crippen molar-refractivity contribution in [3.05, 3.63) is 29.3 Å². The summed E-state index contributed by atoms with van der Waals surface area (Å²) in [7, 11) is 0. The maximum absolute atomic E-state index is 11.1. The van der Waals surface area contributed by atoms with E-state index in [1.54, 1.807) is 12.1 Å². The van der Waals surface area contributed by atoms with Gasteiger partial charge >= 0.3 is 5.97 Å². The SMILES string of the molecule is Cc1c(NCC2(CO)CCCCC2)cccc1C(=O)O. The van der Waals surface area contributed by atoms with Gasteiger partial charge in [0.2, 0.25) is 0 Å². The molecule has 1 aromatic carbocycles. The van der Waals surface area contributed by atoms with Crippen molar-refractivity contribution in [2.24, 2.45) is 5.41 Å². The number of hydrogen-bond donors (Lipinski definition) is 3. The average Bonchev–Trinajstić information content (AvgIpc) is 2.47. The Bertz CT molecular complexity index is 479. The number of carboxylic acids is 1. The molecule has 0 amide bonds. The van der Waals surface area contributed by atoms with Crippen molar-refractivity contribution in [2.45, 2.75) is 39.0 Å². The summed E-state index contributed by atoms with van der Waals surface area (Å²) in [5, 5.41) is 22.2. The number of aliphatic hydroxyl groups excluding tert-OH is 1. The monoisotopic (exact) mass is 277 g/mol. The summed E-state index contributed by atoms with van der Waals surface area (Å²) in [5.41, 5.74) is 1.88. The summed E-state index contributed by atoms with van der Waals surface area (Å²) in [6, 6.07) is 5.27. The van der Waals surface area contributed by atoms with Gasteiger partial charge in [0.25, 0.3) is 0 Å². The second kappa shape index (κ2) is 6.27. The molecule has 0 atom stereocenters. The van der Waals surface area contributed by atoms with Gasteiger partial charge in [-0.2, -0.15) is 0 Å². The molecule has 2 rings (SSSR count). The van der Waals surface area contributed by atoms with Gasteiger partial charge in [-0.15, -0.1) is 0 Å². The maximum atomic E-state index is 11.1. The van der Waals surface area contributed by atoms with E-state index in [0.717, 1.165) is 36.9 Å². The van der Waals surface area contributed by atoms with E-state index >= 15 is 0 Å². The number of carboxylic acid groups (broad SMARTS) is 1. The molecule has 0 unspecified atom stereocenters. The van der Waals surface area contributed by atoms with E-state index in [9.17, 15) is 9.90 Å². The molecule has 1 aromatic rings. The van der Waals surface area contributed by atoms with E-state index in [0.29, 0.717) is 12.1 Å². The van der Waals surface area contributed by atoms with Gasteiger partial charge in [-0.3, -0.25) is 0 Å². The van der Waals surface area contributed by atoms with E-state index in [1.807, 2.05) is 13.0 Å². The van der Waals surface area contributed by atoms with E-state index in [-0.39, 0.29) is 12.0 Å². The Hall–Kier alpha value is -1.55. The van der Waals surface area contributed by atoms with Crippen LogP contribution < -0.4 is 5.32 Å². The first kappa shape index (κ1) is 14.9. The van der Waals surface area contributed by atoms with Gasteiger partial charge in [-0.25, -0.2) is 4.79 Å². The minimum absolute atomic E-state index is 0.0517. The first-order chi connectivity index (χ1) is 9.58. The molecule has 1 fully saturated rings. The molecule has 0 aromatic heterocycles. The number of rotatable bonds is 5. The molecule has 0 aliphatic heterocycles. The molecule has 0 spiro atoms. The number of aromatic carboxylic acids is 1. The van der Waals surface area contributed by atoms with Crippen LogP contribution in [0.25, 0.3) is 0 Å². The Kier molecular flexibility index (Phi) is 4.65. The lowest BCUT2D eigenvalue weighted by atomic mass is 9.74. The molecular formula is C16H23NO3. The number of hydrogen-bond acceptors (Lipinski definition) is 3. The van der Waals surface area contributed by atoms with Crippen molar-refractivity contribution in [3.63, 3.8) is 0 Å². The van der Waals surface area contributed by atoms with Crippen LogP contribution in [0.2, 0.25) is 0 Å². The van der Waals surface area contributed by atoms with E-state index in [2.05, 4.69) is 5.32 Å². The number of aliphatic hydroxyl groups is 1. The molecule has 0 heterocycles. The molecule has 20 heavy (non-hydrogen) atoms. The van der Waals surface area contributed by atoms with Crippen molar-refractivity contribution in [1.29, 1.82) is 0 Å². The highest BCUT2D eigenvalue weighted by Gasteiger charge is 2.31. The van der Waals surface area contributed by atoms with Crippen molar-refractivity contribution in [3.8, 4) is 0 Å². The highest BCUT2D eigenvalue weighted by Crippen LogP contribution is 2.36. The van der Waals surface area contributed by atoms with Crippen molar-refractivity contribution in [2.75, 3.05) is 18.5 Å². The smallest absolute Gasteiger partial charge is 0.336 e. The van der Waals surface area contributed by atoms with Crippen LogP contribution in [0.5, 0.6) is 0 Å². The molecule has 4 nitrogen and oxygen atoms in total. The van der Waals surface area contributed by atoms with Gasteiger partial charge in [-0.05, 0) is 37.5 Å². The number of nitrogens with one attached hydrogen (secondary N) is 1. The summed E-state index contributed by atoms with van der Waals surface area (Å²) < 4.78 is 0. The Morgan fingerprint density at radius 1 is 1.30 bits per heavy atom. The molecule has 0 bridgehead atoms. The molecule has 4 heteroatoms. The standard InChI is InChI=1S/C16H23NO3/c1-12-13(15(19)20)6-5-7-14(12)17-10-16(11-18)8-3-2-4-9-16/h5-7,17-18H,2-4,8-11H2,1H3,(H,19,20). The third-order valence-corrected chi connectivity index (χ3v) is 4.47. The Labute approximate surface area is 119 Å². The number of carbonyl (C=O) groups is 1. The first-order valence-corrected chi connectivity index (χ1v) is 7.26. The second-order valence-electron chi connectivity index (χ2n) is 5.86. The van der Waals surface area contributed by atoms with E-state index in [4.69, 9.17) is 5.11 Å². The van der Waals surface area contributed by atoms with Gasteiger partial charge < -0.3 is 15.5 Å². The minimum Gasteiger partial charge on any atom is -0.478 e. The predicted molar refractivity (Wildman–Crippen MR) is 79.2 cm³/mol. The topological polar surface area (TPSA) is 69.6 Å². The summed E-state index contributed by atoms with van der Waals surface area (Å²) >= 11 is 0. The van der Waals surface area contributed by atoms with Gasteiger partial charge in [0.1, 0.15) is 0 Å². The summed E-state index contributed by atoms with van der Waals surface area (Å²) in [4.78, 5) is 11.1. The van der Waals surface area contributed by atoms with Crippen molar-refractivity contribution < 1.29 is 15.0 Å². The van der Waals surface area contributed by atoms with Crippen LogP contribution in [0.15, 0.2) is 18.2 Å². The minimum atomic E-state index is -0.902. The third kappa shape index (κ3) is 3.12. The lowest BCUT2D eigenvalue weighted by molar-refractivity contribution is 0.0696. The van der Waals surface area contributed by atoms with Crippen LogP contribution in [-0.4, -0.2) is 29.3 Å². The molecular weight excluding hydrogens is 254 g/mol. The third-order valence-electron chi connectivity index (χ3n) is 4.47. The maximum Gasteiger partial charge on any atom is 0.336 e. The first-order valence-electron chi connectivity index (χ1n) is 7.26. The van der Waals surface area contributed by atoms with Gasteiger partial charge in [0.15, 0.2) is 0 Å². The van der Waals surface area contributed by atoms with Crippen LogP contribution in [0.3, 0.4) is 0 Å². The van der Waals surface area contributed by atoms with Crippen molar-refractivity contribution in [1.82, 2.24) is 0 Å². The zero-order valence-corrected chi connectivity index (χ0v) is 12.0. The molecule has 1 aliphatic carbocycles. The zero-order valence-electron chi connectivity index (χ0n) is 12.0. The Morgan fingerprint density at radius 2 is 2.00 bits per heavy atom. The lowest BCUT2D eigenvalue weighted by Gasteiger charge is -2.36. The molecule has 110 valence electrons. The number of anilines is 1. The fraction of sp³-hybridized carbons (Fsp3) is 0.562. The molecule has 1 saturated carbocycles. The van der Waals surface area contributed by atoms with Crippen LogP contribution in [0, 0.1) is 12.3 Å². The van der Waals surface area contributed by atoms with Gasteiger partial charge in [-0.1, -0.05) is 25.3 Å². The molecule has 0 saturated heterocycles. The molecule has 1 aliphatic rings. The Balaban J connectivity index is 2.10. The van der Waals surface area contributed by atoms with Gasteiger partial charge in [0, 0.05) is 17.6 Å². The molecule has 3 N–H and O–H groups in total. The van der Waals surface area contributed by atoms with Crippen LogP contribution in [-0.2, 0) is 0 Å². The summed E-state index contributed by atoms with van der Waals surface area (Å²) in [6.07, 6.45) is 5.64. The van der Waals surface area contributed by atoms with Crippen LogP contribution in [0.4, 0.5) is 5.69 Å². The summed E-state index contributed by atoms with van der Waals surface area (Å²) in [6.45, 7) is 2.71. The van der Waals surface area contributed by atoms with Gasteiger partial charge in [0.05, 0.1) is 12.2 Å². The lowest BCUT2D eigenvalue weighted by Crippen LogP contribution is -2.35. The fourth-order valence-electron chi connectivity index (χ4n) is 3.03. The largest absolute Gasteiger partial charge is 0.478 e. The quantitative estimate of drug-likeness (QED) is 0.773. The second-order valence-corrected chi connectivity index (χ2v) is 5.86. The van der Waals surface area contributed by atoms with E-state index in [1.165, 1.54) is 6.42 Å². The average molecular weight is 277 g/mol. The predicted octanol–water partition coefficient (Wildman–Crippen LogP) is 3.05. The van der Waals surface area contributed by atoms with Crippen LogP contribution in [0.1, 0.15) is 48.0 Å². The Morgan fingerprint density at radius 3 is 2.60 bits per heavy atom. The highest BCUT2D eigenvalue weighted by molar-refractivity contribution is 5.91. The van der Waals surface area contributed by atoms with Crippen LogP contribution >= 0.6 is 0 Å². The fourth-order valence-corrected chi connectivity index (χ4v) is 3.03. The highest BCUT2D eigenvalue weighted by atomic mass is 16.4. The molecule has 0 radical (unpaired) electrons. The normalized spacial score (nSPS) is 17.7. The number of benzene rings is 1. The zero-order chi connectivity index (χ0) is 14.6. The summed E-state index contributed by atoms with van der Waals surface area (Å²) in [5.74, 6) is -0.902. The van der Waals surface area contributed by atoms with Crippen molar-refractivity contribution >= 4 is 11.7 Å².